The van der Waals surface area contributed by atoms with E-state index in [1.54, 1.807) is 0 Å². The van der Waals surface area contributed by atoms with Gasteiger partial charge in [-0.15, -0.1) is 0 Å². The molecular weight excluding hydrogens is 222 g/mol. The highest BCUT2D eigenvalue weighted by molar-refractivity contribution is 5.39. The molecule has 0 amide bonds. The average molecular weight is 245 g/mol. The summed E-state index contributed by atoms with van der Waals surface area (Å²) in [5.74, 6) is 1.95. The van der Waals surface area contributed by atoms with Crippen molar-refractivity contribution < 1.29 is 0 Å². The van der Waals surface area contributed by atoms with Crippen LogP contribution in [0.3, 0.4) is 0 Å². The molecule has 1 N–H and O–H groups in total. The number of nitrogens with zero attached hydrogens (tertiary/aromatic N) is 2. The van der Waals surface area contributed by atoms with Gasteiger partial charge in [0.1, 0.15) is 5.82 Å². The second-order valence-corrected chi connectivity index (χ2v) is 5.77. The van der Waals surface area contributed by atoms with Crippen LogP contribution in [0.5, 0.6) is 0 Å². The molecule has 1 unspecified atom stereocenters. The largest absolute Gasteiger partial charge is 0.356 e. The number of pyridine rings is 1. The highest BCUT2D eigenvalue weighted by Crippen LogP contribution is 2.23. The van der Waals surface area contributed by atoms with E-state index < -0.39 is 0 Å². The number of hydrogen-bond acceptors (Lipinski definition) is 3. The fraction of sp³-hybridized carbons (Fsp3) is 0.667. The molecule has 3 nitrogen and oxygen atoms in total. The number of hydrogen-bond donors (Lipinski definition) is 1. The molecule has 1 aliphatic carbocycles. The summed E-state index contributed by atoms with van der Waals surface area (Å²) in [4.78, 5) is 7.10. The maximum atomic E-state index is 4.64. The molecule has 98 valence electrons. The Morgan fingerprint density at radius 1 is 1.33 bits per heavy atom. The molecule has 0 radical (unpaired) electrons. The lowest BCUT2D eigenvalue weighted by Gasteiger charge is -2.34. The molecule has 1 atom stereocenters. The topological polar surface area (TPSA) is 28.2 Å². The van der Waals surface area contributed by atoms with E-state index in [0.717, 1.165) is 36.6 Å². The lowest BCUT2D eigenvalue weighted by molar-refractivity contribution is 0.389. The van der Waals surface area contributed by atoms with Gasteiger partial charge in [0.15, 0.2) is 0 Å². The second kappa shape index (κ2) is 5.27. The number of anilines is 1. The van der Waals surface area contributed by atoms with E-state index in [0.29, 0.717) is 0 Å². The number of nitrogens with one attached hydrogen (secondary N) is 1. The summed E-state index contributed by atoms with van der Waals surface area (Å²) in [6, 6.07) is 7.16. The Morgan fingerprint density at radius 2 is 2.22 bits per heavy atom. The van der Waals surface area contributed by atoms with Crippen molar-refractivity contribution in [2.24, 2.45) is 5.92 Å². The SMILES string of the molecule is Cc1cccc(N2CCCC(CNC3CC3)C2)n1. The Labute approximate surface area is 110 Å². The van der Waals surface area contributed by atoms with Gasteiger partial charge in [-0.2, -0.15) is 0 Å². The van der Waals surface area contributed by atoms with Gasteiger partial charge in [0.05, 0.1) is 0 Å². The van der Waals surface area contributed by atoms with Gasteiger partial charge in [-0.25, -0.2) is 4.98 Å². The third kappa shape index (κ3) is 3.02. The molecule has 1 aromatic rings. The Kier molecular flexibility index (Phi) is 3.50. The minimum Gasteiger partial charge on any atom is -0.356 e. The summed E-state index contributed by atoms with van der Waals surface area (Å²) in [5, 5.41) is 3.66. The first-order chi connectivity index (χ1) is 8.81. The first-order valence-electron chi connectivity index (χ1n) is 7.23. The summed E-state index contributed by atoms with van der Waals surface area (Å²) >= 11 is 0. The molecule has 1 aliphatic heterocycles. The zero-order valence-corrected chi connectivity index (χ0v) is 11.2. The number of aromatic nitrogens is 1. The van der Waals surface area contributed by atoms with Crippen LogP contribution in [0.1, 0.15) is 31.4 Å². The van der Waals surface area contributed by atoms with Crippen molar-refractivity contribution in [1.29, 1.82) is 0 Å². The highest BCUT2D eigenvalue weighted by atomic mass is 15.2. The molecule has 3 rings (SSSR count). The first kappa shape index (κ1) is 12.0. The smallest absolute Gasteiger partial charge is 0.128 e. The summed E-state index contributed by atoms with van der Waals surface area (Å²) in [5.41, 5.74) is 1.12. The molecule has 2 fully saturated rings. The number of piperidine rings is 1. The van der Waals surface area contributed by atoms with Crippen molar-refractivity contribution in [1.82, 2.24) is 10.3 Å². The van der Waals surface area contributed by atoms with Gasteiger partial charge in [0.2, 0.25) is 0 Å². The third-order valence-corrected chi connectivity index (χ3v) is 3.99. The van der Waals surface area contributed by atoms with Crippen molar-refractivity contribution in [3.63, 3.8) is 0 Å². The summed E-state index contributed by atoms with van der Waals surface area (Å²) in [6.07, 6.45) is 5.43. The van der Waals surface area contributed by atoms with Gasteiger partial charge in [-0.1, -0.05) is 6.07 Å². The van der Waals surface area contributed by atoms with Crippen molar-refractivity contribution in [2.75, 3.05) is 24.5 Å². The van der Waals surface area contributed by atoms with Crippen LogP contribution in [0.2, 0.25) is 0 Å². The fourth-order valence-electron chi connectivity index (χ4n) is 2.77. The van der Waals surface area contributed by atoms with E-state index in [2.05, 4.69) is 40.3 Å². The molecule has 18 heavy (non-hydrogen) atoms. The monoisotopic (exact) mass is 245 g/mol. The lowest BCUT2D eigenvalue weighted by Crippen LogP contribution is -2.40. The number of rotatable bonds is 4. The molecule has 2 aliphatic rings. The molecule has 0 spiro atoms. The normalized spacial score (nSPS) is 24.3. The lowest BCUT2D eigenvalue weighted by atomic mass is 9.98. The fourth-order valence-corrected chi connectivity index (χ4v) is 2.77. The first-order valence-corrected chi connectivity index (χ1v) is 7.23. The van der Waals surface area contributed by atoms with Crippen molar-refractivity contribution in [3.05, 3.63) is 23.9 Å². The van der Waals surface area contributed by atoms with Crippen LogP contribution in [0.4, 0.5) is 5.82 Å². The molecule has 3 heteroatoms. The predicted octanol–water partition coefficient (Wildman–Crippen LogP) is 2.36. The molecular formula is C15H23N3. The highest BCUT2D eigenvalue weighted by Gasteiger charge is 2.25. The average Bonchev–Trinajstić information content (AvgIpc) is 3.21. The van der Waals surface area contributed by atoms with Crippen LogP contribution in [-0.4, -0.2) is 30.7 Å². The maximum Gasteiger partial charge on any atom is 0.128 e. The summed E-state index contributed by atoms with van der Waals surface area (Å²) in [7, 11) is 0. The minimum absolute atomic E-state index is 0.793. The molecule has 2 heterocycles. The standard InChI is InChI=1S/C15H23N3/c1-12-4-2-6-15(17-12)18-9-3-5-13(11-18)10-16-14-7-8-14/h2,4,6,13-14,16H,3,5,7-11H2,1H3. The van der Waals surface area contributed by atoms with Gasteiger partial charge in [-0.3, -0.25) is 0 Å². The molecule has 1 aromatic heterocycles. The zero-order valence-electron chi connectivity index (χ0n) is 11.2. The van der Waals surface area contributed by atoms with Crippen LogP contribution in [0.25, 0.3) is 0 Å². The second-order valence-electron chi connectivity index (χ2n) is 5.77. The van der Waals surface area contributed by atoms with E-state index in [-0.39, 0.29) is 0 Å². The summed E-state index contributed by atoms with van der Waals surface area (Å²) in [6.45, 7) is 5.58. The Balaban J connectivity index is 1.58. The van der Waals surface area contributed by atoms with Gasteiger partial charge in [0, 0.05) is 24.8 Å². The zero-order chi connectivity index (χ0) is 12.4. The third-order valence-electron chi connectivity index (χ3n) is 3.99. The predicted molar refractivity (Wildman–Crippen MR) is 74.9 cm³/mol. The van der Waals surface area contributed by atoms with Gasteiger partial charge < -0.3 is 10.2 Å². The van der Waals surface area contributed by atoms with Gasteiger partial charge in [-0.05, 0) is 57.2 Å². The van der Waals surface area contributed by atoms with E-state index in [4.69, 9.17) is 0 Å². The van der Waals surface area contributed by atoms with Gasteiger partial charge >= 0.3 is 0 Å². The van der Waals surface area contributed by atoms with Crippen LogP contribution in [-0.2, 0) is 0 Å². The molecule has 0 aromatic carbocycles. The van der Waals surface area contributed by atoms with E-state index >= 15 is 0 Å². The van der Waals surface area contributed by atoms with Crippen LogP contribution in [0, 0.1) is 12.8 Å². The van der Waals surface area contributed by atoms with Gasteiger partial charge in [0.25, 0.3) is 0 Å². The van der Waals surface area contributed by atoms with Crippen molar-refractivity contribution >= 4 is 5.82 Å². The molecule has 1 saturated heterocycles. The van der Waals surface area contributed by atoms with Crippen molar-refractivity contribution in [3.8, 4) is 0 Å². The number of aryl methyl sites for hydroxylation is 1. The molecule has 1 saturated carbocycles. The van der Waals surface area contributed by atoms with E-state index in [1.807, 2.05) is 0 Å². The molecule has 0 bridgehead atoms. The minimum atomic E-state index is 0.793. The Hall–Kier alpha value is -1.09. The van der Waals surface area contributed by atoms with Crippen LogP contribution in [0.15, 0.2) is 18.2 Å². The van der Waals surface area contributed by atoms with Crippen LogP contribution >= 0.6 is 0 Å². The van der Waals surface area contributed by atoms with Crippen LogP contribution < -0.4 is 10.2 Å². The Morgan fingerprint density at radius 3 is 3.00 bits per heavy atom. The summed E-state index contributed by atoms with van der Waals surface area (Å²) < 4.78 is 0. The Bertz CT molecular complexity index is 400. The quantitative estimate of drug-likeness (QED) is 0.882. The van der Waals surface area contributed by atoms with E-state index in [9.17, 15) is 0 Å². The van der Waals surface area contributed by atoms with Crippen molar-refractivity contribution in [2.45, 2.75) is 38.6 Å². The van der Waals surface area contributed by atoms with E-state index in [1.165, 1.54) is 32.2 Å². The maximum absolute atomic E-state index is 4.64.